The molecule has 2 atom stereocenters. The molecule has 1 saturated heterocycles. The number of ether oxygens (including phenoxy) is 2. The van der Waals surface area contributed by atoms with E-state index >= 15 is 0 Å². The van der Waals surface area contributed by atoms with Crippen LogP contribution in [0.2, 0.25) is 0 Å². The van der Waals surface area contributed by atoms with Crippen LogP contribution in [0.15, 0.2) is 17.0 Å². The maximum atomic E-state index is 13.3. The first-order valence-electron chi connectivity index (χ1n) is 8.59. The summed E-state index contributed by atoms with van der Waals surface area (Å²) in [5.74, 6) is 0.684. The maximum absolute atomic E-state index is 13.3. The highest BCUT2D eigenvalue weighted by Gasteiger charge is 2.34. The Morgan fingerprint density at radius 1 is 1.25 bits per heavy atom. The third kappa shape index (κ3) is 3.92. The lowest BCUT2D eigenvalue weighted by Crippen LogP contribution is -2.48. The Morgan fingerprint density at radius 3 is 2.33 bits per heavy atom. The Kier molecular flexibility index (Phi) is 5.94. The van der Waals surface area contributed by atoms with Crippen LogP contribution in [0.3, 0.4) is 0 Å². The van der Waals surface area contributed by atoms with E-state index in [9.17, 15) is 8.42 Å². The van der Waals surface area contributed by atoms with Crippen LogP contribution in [0, 0.1) is 6.92 Å². The van der Waals surface area contributed by atoms with Gasteiger partial charge in [-0.1, -0.05) is 13.8 Å². The fourth-order valence-electron chi connectivity index (χ4n) is 3.24. The predicted molar refractivity (Wildman–Crippen MR) is 95.2 cm³/mol. The van der Waals surface area contributed by atoms with Crippen LogP contribution >= 0.6 is 0 Å². The minimum Gasteiger partial charge on any atom is -0.492 e. The Hall–Kier alpha value is -1.11. The van der Waals surface area contributed by atoms with E-state index in [-0.39, 0.29) is 23.0 Å². The van der Waals surface area contributed by atoms with Crippen molar-refractivity contribution < 1.29 is 17.9 Å². The number of aryl methyl sites for hydroxylation is 1. The molecule has 1 aromatic rings. The molecule has 0 N–H and O–H groups in total. The van der Waals surface area contributed by atoms with Gasteiger partial charge in [0.1, 0.15) is 10.6 Å². The molecule has 1 aliphatic heterocycles. The van der Waals surface area contributed by atoms with E-state index < -0.39 is 10.0 Å². The minimum atomic E-state index is -3.63. The van der Waals surface area contributed by atoms with Crippen LogP contribution in [0.4, 0.5) is 0 Å². The van der Waals surface area contributed by atoms with Crippen LogP contribution in [0.25, 0.3) is 0 Å². The highest BCUT2D eigenvalue weighted by Crippen LogP contribution is 2.34. The Morgan fingerprint density at radius 2 is 1.83 bits per heavy atom. The second-order valence-corrected chi connectivity index (χ2v) is 8.73. The molecule has 0 radical (unpaired) electrons. The summed E-state index contributed by atoms with van der Waals surface area (Å²) in [5, 5.41) is 0. The lowest BCUT2D eigenvalue weighted by Gasteiger charge is -2.34. The SMILES string of the molecule is CCOc1cc(C)c(C(C)C)cc1S(=O)(=O)N1C[C@@H](C)O[C@H](C)C1. The van der Waals surface area contributed by atoms with Crippen molar-refractivity contribution in [1.82, 2.24) is 4.31 Å². The van der Waals surface area contributed by atoms with E-state index in [1.807, 2.05) is 33.8 Å². The number of sulfonamides is 1. The van der Waals surface area contributed by atoms with E-state index in [0.717, 1.165) is 11.1 Å². The first-order chi connectivity index (χ1) is 11.2. The van der Waals surface area contributed by atoms with E-state index in [2.05, 4.69) is 13.8 Å². The molecule has 0 unspecified atom stereocenters. The van der Waals surface area contributed by atoms with Crippen LogP contribution < -0.4 is 4.74 Å². The summed E-state index contributed by atoms with van der Waals surface area (Å²) in [4.78, 5) is 0.264. The summed E-state index contributed by atoms with van der Waals surface area (Å²) in [6, 6.07) is 3.63. The summed E-state index contributed by atoms with van der Waals surface area (Å²) >= 11 is 0. The van der Waals surface area contributed by atoms with Gasteiger partial charge in [-0.15, -0.1) is 0 Å². The molecule has 1 aromatic carbocycles. The number of hydrogen-bond donors (Lipinski definition) is 0. The summed E-state index contributed by atoms with van der Waals surface area (Å²) in [5.41, 5.74) is 2.09. The zero-order chi connectivity index (χ0) is 18.1. The molecule has 0 saturated carbocycles. The maximum Gasteiger partial charge on any atom is 0.246 e. The topological polar surface area (TPSA) is 55.8 Å². The first kappa shape index (κ1) is 19.2. The molecule has 0 bridgehead atoms. The van der Waals surface area contributed by atoms with Crippen molar-refractivity contribution in [2.24, 2.45) is 0 Å². The number of nitrogens with zero attached hydrogens (tertiary/aromatic N) is 1. The molecule has 1 heterocycles. The van der Waals surface area contributed by atoms with Gasteiger partial charge in [-0.3, -0.25) is 0 Å². The summed E-state index contributed by atoms with van der Waals surface area (Å²) in [6.07, 6.45) is -0.233. The molecule has 24 heavy (non-hydrogen) atoms. The van der Waals surface area contributed by atoms with Gasteiger partial charge in [0.2, 0.25) is 10.0 Å². The first-order valence-corrected chi connectivity index (χ1v) is 10.0. The predicted octanol–water partition coefficient (Wildman–Crippen LogP) is 3.32. The lowest BCUT2D eigenvalue weighted by atomic mass is 9.98. The molecule has 0 aliphatic carbocycles. The third-order valence-electron chi connectivity index (χ3n) is 4.26. The Bertz CT molecular complexity index is 675. The molecule has 5 nitrogen and oxygen atoms in total. The molecule has 1 aliphatic rings. The van der Waals surface area contributed by atoms with Gasteiger partial charge >= 0.3 is 0 Å². The number of benzene rings is 1. The van der Waals surface area contributed by atoms with Gasteiger partial charge in [0, 0.05) is 13.1 Å². The molecule has 1 fully saturated rings. The van der Waals surface area contributed by atoms with Crippen molar-refractivity contribution in [2.75, 3.05) is 19.7 Å². The number of hydrogen-bond acceptors (Lipinski definition) is 4. The summed E-state index contributed by atoms with van der Waals surface area (Å²) in [6.45, 7) is 12.9. The van der Waals surface area contributed by atoms with E-state index in [1.54, 1.807) is 6.07 Å². The zero-order valence-corrected chi connectivity index (χ0v) is 16.3. The number of morpholine rings is 1. The van der Waals surface area contributed by atoms with Crippen molar-refractivity contribution in [1.29, 1.82) is 0 Å². The van der Waals surface area contributed by atoms with Crippen molar-refractivity contribution in [3.8, 4) is 5.75 Å². The molecular weight excluding hydrogens is 326 g/mol. The fraction of sp³-hybridized carbons (Fsp3) is 0.667. The van der Waals surface area contributed by atoms with Gasteiger partial charge in [0.05, 0.1) is 18.8 Å². The average Bonchev–Trinajstić information content (AvgIpc) is 2.46. The van der Waals surface area contributed by atoms with E-state index in [1.165, 1.54) is 4.31 Å². The molecule has 0 amide bonds. The van der Waals surface area contributed by atoms with Gasteiger partial charge in [-0.05, 0) is 56.9 Å². The standard InChI is InChI=1S/C18H29NO4S/c1-7-22-17-8-13(4)16(12(2)3)9-18(17)24(20,21)19-10-14(5)23-15(6)11-19/h8-9,12,14-15H,7,10-11H2,1-6H3/t14-,15-/m1/s1. The Balaban J connectivity index is 2.53. The van der Waals surface area contributed by atoms with Gasteiger partial charge < -0.3 is 9.47 Å². The van der Waals surface area contributed by atoms with Gasteiger partial charge in [0.25, 0.3) is 0 Å². The summed E-state index contributed by atoms with van der Waals surface area (Å²) < 4.78 is 39.3. The largest absolute Gasteiger partial charge is 0.492 e. The van der Waals surface area contributed by atoms with Crippen molar-refractivity contribution >= 4 is 10.0 Å². The normalized spacial score (nSPS) is 22.8. The molecule has 136 valence electrons. The second kappa shape index (κ2) is 7.42. The highest BCUT2D eigenvalue weighted by atomic mass is 32.2. The molecular formula is C18H29NO4S. The Labute approximate surface area is 146 Å². The monoisotopic (exact) mass is 355 g/mol. The van der Waals surface area contributed by atoms with Gasteiger partial charge in [0.15, 0.2) is 0 Å². The van der Waals surface area contributed by atoms with Crippen LogP contribution in [-0.4, -0.2) is 44.6 Å². The average molecular weight is 356 g/mol. The van der Waals surface area contributed by atoms with Crippen molar-refractivity contribution in [2.45, 2.75) is 64.6 Å². The van der Waals surface area contributed by atoms with Gasteiger partial charge in [-0.25, -0.2) is 8.42 Å². The molecule has 0 spiro atoms. The van der Waals surface area contributed by atoms with E-state index in [4.69, 9.17) is 9.47 Å². The van der Waals surface area contributed by atoms with Gasteiger partial charge in [-0.2, -0.15) is 4.31 Å². The fourth-order valence-corrected chi connectivity index (χ4v) is 4.97. The third-order valence-corrected chi connectivity index (χ3v) is 6.11. The van der Waals surface area contributed by atoms with Crippen molar-refractivity contribution in [3.63, 3.8) is 0 Å². The quantitative estimate of drug-likeness (QED) is 0.813. The van der Waals surface area contributed by atoms with E-state index in [0.29, 0.717) is 25.4 Å². The van der Waals surface area contributed by atoms with Crippen LogP contribution in [0.1, 0.15) is 51.7 Å². The lowest BCUT2D eigenvalue weighted by molar-refractivity contribution is -0.0441. The molecule has 6 heteroatoms. The smallest absolute Gasteiger partial charge is 0.246 e. The second-order valence-electron chi connectivity index (χ2n) is 6.82. The van der Waals surface area contributed by atoms with Crippen LogP contribution in [0.5, 0.6) is 5.75 Å². The summed E-state index contributed by atoms with van der Waals surface area (Å²) in [7, 11) is -3.63. The minimum absolute atomic E-state index is 0.117. The highest BCUT2D eigenvalue weighted by molar-refractivity contribution is 7.89. The number of rotatable bonds is 5. The molecule has 0 aromatic heterocycles. The zero-order valence-electron chi connectivity index (χ0n) is 15.5. The van der Waals surface area contributed by atoms with Crippen molar-refractivity contribution in [3.05, 3.63) is 23.3 Å². The van der Waals surface area contributed by atoms with Crippen LogP contribution in [-0.2, 0) is 14.8 Å². The molecule has 2 rings (SSSR count).